The van der Waals surface area contributed by atoms with Gasteiger partial charge in [-0.3, -0.25) is 9.59 Å². The standard InChI is InChI=1S/C17H18N2O4/c1-11-5-4-6-12(9-11)18-16(20)17(21)19-13-7-8-14(22-2)15(10-13)23-3/h4-10H,1-3H3,(H,18,20)(H,19,21). The quantitative estimate of drug-likeness (QED) is 0.851. The molecule has 0 bridgehead atoms. The van der Waals surface area contributed by atoms with Crippen molar-refractivity contribution < 1.29 is 19.1 Å². The van der Waals surface area contributed by atoms with Crippen molar-refractivity contribution >= 4 is 23.2 Å². The third kappa shape index (κ3) is 4.23. The minimum absolute atomic E-state index is 0.437. The lowest BCUT2D eigenvalue weighted by molar-refractivity contribution is -0.132. The van der Waals surface area contributed by atoms with Crippen molar-refractivity contribution in [2.24, 2.45) is 0 Å². The van der Waals surface area contributed by atoms with Crippen LogP contribution < -0.4 is 20.1 Å². The van der Waals surface area contributed by atoms with Crippen molar-refractivity contribution in [2.45, 2.75) is 6.92 Å². The van der Waals surface area contributed by atoms with Crippen LogP contribution in [-0.2, 0) is 9.59 Å². The first-order valence-electron chi connectivity index (χ1n) is 6.94. The van der Waals surface area contributed by atoms with Crippen LogP contribution in [-0.4, -0.2) is 26.0 Å². The van der Waals surface area contributed by atoms with Crippen LogP contribution >= 0.6 is 0 Å². The highest BCUT2D eigenvalue weighted by Gasteiger charge is 2.15. The lowest BCUT2D eigenvalue weighted by Gasteiger charge is -2.10. The minimum Gasteiger partial charge on any atom is -0.493 e. The summed E-state index contributed by atoms with van der Waals surface area (Å²) in [4.78, 5) is 23.9. The van der Waals surface area contributed by atoms with Crippen molar-refractivity contribution in [2.75, 3.05) is 24.9 Å². The summed E-state index contributed by atoms with van der Waals surface area (Å²) in [7, 11) is 3.01. The number of carbonyl (C=O) groups excluding carboxylic acids is 2. The van der Waals surface area contributed by atoms with Crippen LogP contribution in [0, 0.1) is 6.92 Å². The number of benzene rings is 2. The Morgan fingerprint density at radius 3 is 2.00 bits per heavy atom. The summed E-state index contributed by atoms with van der Waals surface area (Å²) in [5.74, 6) is -0.511. The molecule has 0 atom stereocenters. The number of rotatable bonds is 4. The van der Waals surface area contributed by atoms with Gasteiger partial charge in [0.25, 0.3) is 0 Å². The average Bonchev–Trinajstić information content (AvgIpc) is 2.54. The van der Waals surface area contributed by atoms with Gasteiger partial charge in [-0.25, -0.2) is 0 Å². The first-order valence-corrected chi connectivity index (χ1v) is 6.94. The van der Waals surface area contributed by atoms with Gasteiger partial charge in [0.15, 0.2) is 11.5 Å². The molecule has 0 aliphatic heterocycles. The molecule has 23 heavy (non-hydrogen) atoms. The third-order valence-corrected chi connectivity index (χ3v) is 3.12. The van der Waals surface area contributed by atoms with Crippen molar-refractivity contribution in [1.29, 1.82) is 0 Å². The molecule has 0 spiro atoms. The molecule has 2 rings (SSSR count). The summed E-state index contributed by atoms with van der Waals surface area (Å²) in [6.07, 6.45) is 0. The number of amides is 2. The SMILES string of the molecule is COc1ccc(NC(=O)C(=O)Nc2cccc(C)c2)cc1OC. The Morgan fingerprint density at radius 1 is 0.826 bits per heavy atom. The fraction of sp³-hybridized carbons (Fsp3) is 0.176. The fourth-order valence-corrected chi connectivity index (χ4v) is 2.01. The molecule has 6 heteroatoms. The predicted molar refractivity (Wildman–Crippen MR) is 88.0 cm³/mol. The minimum atomic E-state index is -0.765. The molecule has 0 fully saturated rings. The van der Waals surface area contributed by atoms with E-state index in [0.29, 0.717) is 22.9 Å². The van der Waals surface area contributed by atoms with Crippen LogP contribution in [0.15, 0.2) is 42.5 Å². The monoisotopic (exact) mass is 314 g/mol. The highest BCUT2D eigenvalue weighted by molar-refractivity contribution is 6.43. The summed E-state index contributed by atoms with van der Waals surface area (Å²) < 4.78 is 10.3. The Balaban J connectivity index is 2.05. The van der Waals surface area contributed by atoms with E-state index in [0.717, 1.165) is 5.56 Å². The van der Waals surface area contributed by atoms with Crippen molar-refractivity contribution in [3.63, 3.8) is 0 Å². The third-order valence-electron chi connectivity index (χ3n) is 3.12. The van der Waals surface area contributed by atoms with E-state index in [9.17, 15) is 9.59 Å². The van der Waals surface area contributed by atoms with Gasteiger partial charge >= 0.3 is 11.8 Å². The second kappa shape index (κ2) is 7.31. The van der Waals surface area contributed by atoms with Gasteiger partial charge in [-0.1, -0.05) is 12.1 Å². The molecule has 0 heterocycles. The largest absolute Gasteiger partial charge is 0.493 e. The Hall–Kier alpha value is -3.02. The van der Waals surface area contributed by atoms with E-state index in [1.807, 2.05) is 13.0 Å². The molecule has 0 aliphatic rings. The molecule has 0 radical (unpaired) electrons. The Morgan fingerprint density at radius 2 is 1.43 bits per heavy atom. The highest BCUT2D eigenvalue weighted by Crippen LogP contribution is 2.29. The van der Waals surface area contributed by atoms with Gasteiger partial charge in [-0.15, -0.1) is 0 Å². The maximum Gasteiger partial charge on any atom is 0.314 e. The molecule has 2 amide bonds. The van der Waals surface area contributed by atoms with Crippen LogP contribution in [0.5, 0.6) is 11.5 Å². The molecule has 0 aromatic heterocycles. The Bertz CT molecular complexity index is 728. The van der Waals surface area contributed by atoms with Gasteiger partial charge in [-0.05, 0) is 36.8 Å². The maximum absolute atomic E-state index is 12.0. The predicted octanol–water partition coefficient (Wildman–Crippen LogP) is 2.59. The molecular formula is C17H18N2O4. The molecule has 2 aromatic rings. The number of methoxy groups -OCH3 is 2. The van der Waals surface area contributed by atoms with E-state index in [2.05, 4.69) is 10.6 Å². The van der Waals surface area contributed by atoms with Gasteiger partial charge in [0.1, 0.15) is 0 Å². The zero-order valence-electron chi connectivity index (χ0n) is 13.2. The summed E-state index contributed by atoms with van der Waals surface area (Å²) >= 11 is 0. The topological polar surface area (TPSA) is 76.7 Å². The van der Waals surface area contributed by atoms with Gasteiger partial charge in [0.2, 0.25) is 0 Å². The van der Waals surface area contributed by atoms with Crippen LogP contribution in [0.1, 0.15) is 5.56 Å². The van der Waals surface area contributed by atoms with Gasteiger partial charge in [0.05, 0.1) is 14.2 Å². The van der Waals surface area contributed by atoms with Crippen LogP contribution in [0.25, 0.3) is 0 Å². The van der Waals surface area contributed by atoms with Crippen molar-refractivity contribution in [3.8, 4) is 11.5 Å². The lowest BCUT2D eigenvalue weighted by Crippen LogP contribution is -2.29. The molecule has 0 saturated heterocycles. The van der Waals surface area contributed by atoms with E-state index in [1.54, 1.807) is 36.4 Å². The number of aryl methyl sites for hydroxylation is 1. The number of nitrogens with one attached hydrogen (secondary N) is 2. The van der Waals surface area contributed by atoms with Crippen LogP contribution in [0.2, 0.25) is 0 Å². The summed E-state index contributed by atoms with van der Waals surface area (Å²) in [5, 5.41) is 5.06. The molecule has 2 N–H and O–H groups in total. The molecular weight excluding hydrogens is 296 g/mol. The average molecular weight is 314 g/mol. The zero-order valence-corrected chi connectivity index (χ0v) is 13.2. The molecule has 120 valence electrons. The summed E-state index contributed by atoms with van der Waals surface area (Å²) in [6.45, 7) is 1.90. The first kappa shape index (κ1) is 16.4. The van der Waals surface area contributed by atoms with Crippen LogP contribution in [0.4, 0.5) is 11.4 Å². The summed E-state index contributed by atoms with van der Waals surface area (Å²) in [5.41, 5.74) is 1.99. The smallest absolute Gasteiger partial charge is 0.314 e. The summed E-state index contributed by atoms with van der Waals surface area (Å²) in [6, 6.07) is 12.1. The second-order valence-corrected chi connectivity index (χ2v) is 4.85. The lowest BCUT2D eigenvalue weighted by atomic mass is 10.2. The highest BCUT2D eigenvalue weighted by atomic mass is 16.5. The van der Waals surface area contributed by atoms with E-state index >= 15 is 0 Å². The van der Waals surface area contributed by atoms with Crippen molar-refractivity contribution in [3.05, 3.63) is 48.0 Å². The van der Waals surface area contributed by atoms with E-state index in [1.165, 1.54) is 14.2 Å². The second-order valence-electron chi connectivity index (χ2n) is 4.85. The number of ether oxygens (including phenoxy) is 2. The number of hydrogen-bond donors (Lipinski definition) is 2. The van der Waals surface area contributed by atoms with Gasteiger partial charge in [-0.2, -0.15) is 0 Å². The zero-order chi connectivity index (χ0) is 16.8. The normalized spacial score (nSPS) is 9.87. The van der Waals surface area contributed by atoms with Gasteiger partial charge in [0, 0.05) is 17.4 Å². The number of anilines is 2. The Labute approximate surface area is 134 Å². The van der Waals surface area contributed by atoms with Crippen molar-refractivity contribution in [1.82, 2.24) is 0 Å². The van der Waals surface area contributed by atoms with E-state index in [-0.39, 0.29) is 0 Å². The van der Waals surface area contributed by atoms with Crippen LogP contribution in [0.3, 0.4) is 0 Å². The molecule has 0 aliphatic carbocycles. The number of carbonyl (C=O) groups is 2. The molecule has 2 aromatic carbocycles. The fourth-order valence-electron chi connectivity index (χ4n) is 2.01. The van der Waals surface area contributed by atoms with E-state index < -0.39 is 11.8 Å². The molecule has 6 nitrogen and oxygen atoms in total. The Kier molecular flexibility index (Phi) is 5.19. The first-order chi connectivity index (χ1) is 11.0. The van der Waals surface area contributed by atoms with Gasteiger partial charge < -0.3 is 20.1 Å². The molecule has 0 unspecified atom stereocenters. The molecule has 0 saturated carbocycles. The maximum atomic E-state index is 12.0. The van der Waals surface area contributed by atoms with E-state index in [4.69, 9.17) is 9.47 Å². The number of hydrogen-bond acceptors (Lipinski definition) is 4.